The molecule has 0 aliphatic carbocycles. The van der Waals surface area contributed by atoms with Crippen LogP contribution < -0.4 is 11.1 Å². The number of hydrogen-bond donors (Lipinski definition) is 2. The van der Waals surface area contributed by atoms with Gasteiger partial charge in [-0.1, -0.05) is 12.8 Å². The molecular weight excluding hydrogens is 232 g/mol. The van der Waals surface area contributed by atoms with Gasteiger partial charge in [0.2, 0.25) is 0 Å². The predicted octanol–water partition coefficient (Wildman–Crippen LogP) is 1.78. The molecule has 0 amide bonds. The van der Waals surface area contributed by atoms with Gasteiger partial charge in [-0.2, -0.15) is 0 Å². The molecule has 17 heavy (non-hydrogen) atoms. The van der Waals surface area contributed by atoms with Crippen molar-refractivity contribution >= 4 is 8.56 Å². The maximum Gasteiger partial charge on any atom is 0.349 e. The first kappa shape index (κ1) is 17.1. The van der Waals surface area contributed by atoms with Gasteiger partial charge in [0.15, 0.2) is 0 Å². The zero-order valence-electron chi connectivity index (χ0n) is 11.8. The second kappa shape index (κ2) is 11.2. The number of unbranched alkanes of at least 4 members (excludes halogenated alkanes) is 3. The predicted molar refractivity (Wildman–Crippen MR) is 75.3 cm³/mol. The van der Waals surface area contributed by atoms with Crippen molar-refractivity contribution in [2.45, 2.75) is 46.1 Å². The average molecular weight is 262 g/mol. The van der Waals surface area contributed by atoms with Gasteiger partial charge >= 0.3 is 8.56 Å². The van der Waals surface area contributed by atoms with E-state index in [-0.39, 0.29) is 0 Å². The number of rotatable bonds is 12. The highest BCUT2D eigenvalue weighted by atomic mass is 28.4. The fourth-order valence-corrected chi connectivity index (χ4v) is 3.96. The topological polar surface area (TPSA) is 56.5 Å². The van der Waals surface area contributed by atoms with E-state index in [1.807, 2.05) is 13.8 Å². The Morgan fingerprint density at radius 2 is 1.59 bits per heavy atom. The Morgan fingerprint density at radius 3 is 2.12 bits per heavy atom. The lowest BCUT2D eigenvalue weighted by Gasteiger charge is -2.26. The molecule has 104 valence electrons. The quantitative estimate of drug-likeness (QED) is 0.416. The van der Waals surface area contributed by atoms with Crippen molar-refractivity contribution < 1.29 is 8.85 Å². The normalized spacial score (nSPS) is 12.0. The molecule has 0 aromatic carbocycles. The first-order chi connectivity index (χ1) is 8.18. The maximum absolute atomic E-state index is 5.75. The lowest BCUT2D eigenvalue weighted by atomic mass is 10.2. The molecule has 5 heteroatoms. The smallest absolute Gasteiger partial charge is 0.349 e. The fourth-order valence-electron chi connectivity index (χ4n) is 1.82. The van der Waals surface area contributed by atoms with E-state index >= 15 is 0 Å². The van der Waals surface area contributed by atoms with Crippen molar-refractivity contribution in [3.05, 3.63) is 0 Å². The minimum absolute atomic E-state index is 0.737. The highest BCUT2D eigenvalue weighted by Gasteiger charge is 2.29. The zero-order valence-corrected chi connectivity index (χ0v) is 12.8. The molecule has 0 rings (SSSR count). The van der Waals surface area contributed by atoms with Crippen LogP contribution in [0.2, 0.25) is 6.55 Å². The molecule has 0 heterocycles. The SMILES string of the molecule is CCO[Si](C)(CNCCCCCCN)OCC. The Bertz CT molecular complexity index is 165. The third kappa shape index (κ3) is 9.73. The van der Waals surface area contributed by atoms with Crippen LogP contribution >= 0.6 is 0 Å². The van der Waals surface area contributed by atoms with Crippen LogP contribution in [0, 0.1) is 0 Å². The molecule has 0 bridgehead atoms. The van der Waals surface area contributed by atoms with Crippen molar-refractivity contribution in [3.63, 3.8) is 0 Å². The van der Waals surface area contributed by atoms with Gasteiger partial charge in [0, 0.05) is 19.4 Å². The molecule has 0 radical (unpaired) electrons. The van der Waals surface area contributed by atoms with Crippen molar-refractivity contribution in [1.82, 2.24) is 5.32 Å². The monoisotopic (exact) mass is 262 g/mol. The van der Waals surface area contributed by atoms with Crippen LogP contribution in [0.5, 0.6) is 0 Å². The summed E-state index contributed by atoms with van der Waals surface area (Å²) in [4.78, 5) is 0. The number of nitrogens with two attached hydrogens (primary N) is 1. The molecule has 0 saturated carbocycles. The first-order valence-corrected chi connectivity index (χ1v) is 9.39. The van der Waals surface area contributed by atoms with Crippen molar-refractivity contribution in [2.24, 2.45) is 5.73 Å². The molecule has 0 spiro atoms. The van der Waals surface area contributed by atoms with E-state index in [4.69, 9.17) is 14.6 Å². The van der Waals surface area contributed by atoms with Crippen molar-refractivity contribution in [1.29, 1.82) is 0 Å². The van der Waals surface area contributed by atoms with Gasteiger partial charge < -0.3 is 19.9 Å². The summed E-state index contributed by atoms with van der Waals surface area (Å²) in [6.07, 6.45) is 5.73. The average Bonchev–Trinajstić information content (AvgIpc) is 2.28. The van der Waals surface area contributed by atoms with E-state index in [1.54, 1.807) is 0 Å². The van der Waals surface area contributed by atoms with Crippen LogP contribution in [0.15, 0.2) is 0 Å². The van der Waals surface area contributed by atoms with Gasteiger partial charge in [-0.3, -0.25) is 0 Å². The first-order valence-electron chi connectivity index (χ1n) is 6.87. The Balaban J connectivity index is 3.54. The van der Waals surface area contributed by atoms with Gasteiger partial charge in [-0.15, -0.1) is 0 Å². The summed E-state index contributed by atoms with van der Waals surface area (Å²) in [6.45, 7) is 9.51. The molecular formula is C12H30N2O2Si. The fraction of sp³-hybridized carbons (Fsp3) is 1.00. The van der Waals surface area contributed by atoms with E-state index in [2.05, 4.69) is 11.9 Å². The van der Waals surface area contributed by atoms with Gasteiger partial charge in [0.25, 0.3) is 0 Å². The summed E-state index contributed by atoms with van der Waals surface area (Å²) in [5, 5.41) is 3.45. The molecule has 3 N–H and O–H groups in total. The van der Waals surface area contributed by atoms with E-state index in [9.17, 15) is 0 Å². The van der Waals surface area contributed by atoms with Gasteiger partial charge in [-0.25, -0.2) is 0 Å². The lowest BCUT2D eigenvalue weighted by Crippen LogP contribution is -2.49. The third-order valence-electron chi connectivity index (χ3n) is 2.65. The molecule has 0 saturated heterocycles. The van der Waals surface area contributed by atoms with Crippen LogP contribution in [0.4, 0.5) is 0 Å². The Labute approximate surface area is 107 Å². The van der Waals surface area contributed by atoms with Gasteiger partial charge in [0.1, 0.15) is 0 Å². The summed E-state index contributed by atoms with van der Waals surface area (Å²) < 4.78 is 11.5. The number of nitrogens with one attached hydrogen (secondary N) is 1. The van der Waals surface area contributed by atoms with Crippen molar-refractivity contribution in [3.8, 4) is 0 Å². The summed E-state index contributed by atoms with van der Waals surface area (Å²) in [5.74, 6) is 0. The third-order valence-corrected chi connectivity index (χ3v) is 5.34. The number of hydrogen-bond acceptors (Lipinski definition) is 4. The summed E-state index contributed by atoms with van der Waals surface area (Å²) >= 11 is 0. The van der Waals surface area contributed by atoms with E-state index in [1.165, 1.54) is 19.3 Å². The summed E-state index contributed by atoms with van der Waals surface area (Å²) in [6, 6.07) is 0. The standard InChI is InChI=1S/C12H30N2O2Si/c1-4-15-17(3,16-5-2)12-14-11-9-7-6-8-10-13/h14H,4-13H2,1-3H3. The molecule has 0 fully saturated rings. The Hall–Kier alpha value is 0.0569. The lowest BCUT2D eigenvalue weighted by molar-refractivity contribution is 0.187. The minimum atomic E-state index is -1.96. The van der Waals surface area contributed by atoms with Gasteiger partial charge in [0.05, 0.1) is 0 Å². The van der Waals surface area contributed by atoms with Crippen LogP contribution in [0.1, 0.15) is 39.5 Å². The molecule has 0 aromatic heterocycles. The highest BCUT2D eigenvalue weighted by Crippen LogP contribution is 2.06. The van der Waals surface area contributed by atoms with Crippen LogP contribution in [0.25, 0.3) is 0 Å². The molecule has 0 aromatic rings. The molecule has 0 aliphatic heterocycles. The Morgan fingerprint density at radius 1 is 1.00 bits per heavy atom. The van der Waals surface area contributed by atoms with Crippen LogP contribution in [-0.4, -0.2) is 41.0 Å². The van der Waals surface area contributed by atoms with E-state index < -0.39 is 8.56 Å². The van der Waals surface area contributed by atoms with Crippen molar-refractivity contribution in [2.75, 3.05) is 32.5 Å². The molecule has 0 atom stereocenters. The zero-order chi connectivity index (χ0) is 13.0. The second-order valence-electron chi connectivity index (χ2n) is 4.38. The Kier molecular flexibility index (Phi) is 11.2. The molecule has 0 unspecified atom stereocenters. The molecule has 0 aliphatic rings. The maximum atomic E-state index is 5.75. The molecule has 4 nitrogen and oxygen atoms in total. The summed E-state index contributed by atoms with van der Waals surface area (Å²) in [7, 11) is -1.96. The van der Waals surface area contributed by atoms with Crippen LogP contribution in [0.3, 0.4) is 0 Å². The van der Waals surface area contributed by atoms with Gasteiger partial charge in [-0.05, 0) is 46.3 Å². The second-order valence-corrected chi connectivity index (χ2v) is 7.58. The largest absolute Gasteiger partial charge is 0.394 e. The summed E-state index contributed by atoms with van der Waals surface area (Å²) in [5.41, 5.74) is 5.45. The van der Waals surface area contributed by atoms with E-state index in [0.29, 0.717) is 0 Å². The minimum Gasteiger partial charge on any atom is -0.394 e. The van der Waals surface area contributed by atoms with E-state index in [0.717, 1.165) is 38.9 Å². The highest BCUT2D eigenvalue weighted by molar-refractivity contribution is 6.66. The van der Waals surface area contributed by atoms with Crippen LogP contribution in [-0.2, 0) is 8.85 Å².